The summed E-state index contributed by atoms with van der Waals surface area (Å²) in [6.45, 7) is 0. The van der Waals surface area contributed by atoms with Crippen LogP contribution in [0, 0.1) is 0 Å². The van der Waals surface area contributed by atoms with E-state index in [0.717, 1.165) is 10.9 Å². The fraction of sp³-hybridized carbons (Fsp3) is 0. The Bertz CT molecular complexity index is 700. The lowest BCUT2D eigenvalue weighted by Gasteiger charge is -1.99. The number of aromatic amines is 1. The minimum Gasteiger partial charge on any atom is -0.399 e. The van der Waals surface area contributed by atoms with Crippen LogP contribution in [0.25, 0.3) is 10.9 Å². The van der Waals surface area contributed by atoms with E-state index in [2.05, 4.69) is 20.0 Å². The highest BCUT2D eigenvalue weighted by molar-refractivity contribution is 6.12. The van der Waals surface area contributed by atoms with Gasteiger partial charge in [-0.15, -0.1) is 0 Å². The van der Waals surface area contributed by atoms with Gasteiger partial charge in [0, 0.05) is 28.9 Å². The minimum absolute atomic E-state index is 0.250. The Morgan fingerprint density at radius 3 is 3.06 bits per heavy atom. The molecular formula is C12H10N4O2. The van der Waals surface area contributed by atoms with Gasteiger partial charge in [0.25, 0.3) is 5.91 Å². The van der Waals surface area contributed by atoms with Crippen molar-refractivity contribution in [1.82, 2.24) is 10.1 Å². The molecule has 1 aromatic carbocycles. The lowest BCUT2D eigenvalue weighted by molar-refractivity contribution is 0.102. The normalized spacial score (nSPS) is 10.7. The summed E-state index contributed by atoms with van der Waals surface area (Å²) in [7, 11) is 0. The fourth-order valence-corrected chi connectivity index (χ4v) is 1.79. The van der Waals surface area contributed by atoms with Crippen LogP contribution in [-0.2, 0) is 0 Å². The lowest BCUT2D eigenvalue weighted by Crippen LogP contribution is -2.11. The van der Waals surface area contributed by atoms with Crippen LogP contribution >= 0.6 is 0 Å². The van der Waals surface area contributed by atoms with Crippen LogP contribution < -0.4 is 11.1 Å². The van der Waals surface area contributed by atoms with Gasteiger partial charge in [-0.05, 0) is 18.2 Å². The maximum absolute atomic E-state index is 12.0. The van der Waals surface area contributed by atoms with Gasteiger partial charge in [0.15, 0.2) is 5.82 Å². The van der Waals surface area contributed by atoms with Crippen molar-refractivity contribution in [1.29, 1.82) is 0 Å². The smallest absolute Gasteiger partial charge is 0.259 e. The first kappa shape index (κ1) is 10.4. The Morgan fingerprint density at radius 1 is 1.39 bits per heavy atom. The Balaban J connectivity index is 1.97. The molecule has 0 radical (unpaired) electrons. The lowest BCUT2D eigenvalue weighted by atomic mass is 10.1. The van der Waals surface area contributed by atoms with Crippen molar-refractivity contribution in [3.05, 3.63) is 42.3 Å². The molecule has 0 spiro atoms. The number of aromatic nitrogens is 2. The van der Waals surface area contributed by atoms with Gasteiger partial charge in [0.05, 0.1) is 5.56 Å². The van der Waals surface area contributed by atoms with Gasteiger partial charge < -0.3 is 20.6 Å². The molecule has 0 unspecified atom stereocenters. The van der Waals surface area contributed by atoms with Crippen LogP contribution in [-0.4, -0.2) is 16.0 Å². The number of nitrogens with zero attached hydrogens (tertiary/aromatic N) is 1. The van der Waals surface area contributed by atoms with E-state index in [-0.39, 0.29) is 5.91 Å². The first-order valence-electron chi connectivity index (χ1n) is 5.32. The van der Waals surface area contributed by atoms with E-state index in [0.29, 0.717) is 17.1 Å². The zero-order valence-corrected chi connectivity index (χ0v) is 9.31. The molecule has 2 aromatic heterocycles. The number of rotatable bonds is 2. The number of nitrogens with two attached hydrogens (primary N) is 1. The summed E-state index contributed by atoms with van der Waals surface area (Å²) in [5, 5.41) is 7.07. The Hall–Kier alpha value is -2.76. The number of fused-ring (bicyclic) bond motifs is 1. The van der Waals surface area contributed by atoms with Crippen LogP contribution in [0.3, 0.4) is 0 Å². The Labute approximate surface area is 102 Å². The van der Waals surface area contributed by atoms with Gasteiger partial charge in [-0.3, -0.25) is 4.79 Å². The predicted octanol–water partition coefficient (Wildman–Crippen LogP) is 1.99. The van der Waals surface area contributed by atoms with Crippen molar-refractivity contribution in [3.8, 4) is 0 Å². The molecular weight excluding hydrogens is 232 g/mol. The molecule has 0 aliphatic heterocycles. The molecule has 0 aliphatic carbocycles. The van der Waals surface area contributed by atoms with Crippen molar-refractivity contribution in [2.45, 2.75) is 0 Å². The van der Waals surface area contributed by atoms with E-state index in [1.807, 2.05) is 0 Å². The van der Waals surface area contributed by atoms with Gasteiger partial charge >= 0.3 is 0 Å². The van der Waals surface area contributed by atoms with Crippen LogP contribution in [0.1, 0.15) is 10.4 Å². The molecule has 90 valence electrons. The van der Waals surface area contributed by atoms with E-state index in [9.17, 15) is 4.79 Å². The molecule has 3 rings (SSSR count). The second-order valence-corrected chi connectivity index (χ2v) is 3.85. The molecule has 0 saturated heterocycles. The van der Waals surface area contributed by atoms with Gasteiger partial charge in [-0.1, -0.05) is 5.16 Å². The number of hydrogen-bond donors (Lipinski definition) is 3. The second kappa shape index (κ2) is 3.92. The highest BCUT2D eigenvalue weighted by Crippen LogP contribution is 2.21. The number of H-pyrrole nitrogens is 1. The number of carbonyl (C=O) groups is 1. The maximum Gasteiger partial charge on any atom is 0.259 e. The first-order chi connectivity index (χ1) is 8.74. The largest absolute Gasteiger partial charge is 0.399 e. The van der Waals surface area contributed by atoms with Gasteiger partial charge in [0.2, 0.25) is 0 Å². The highest BCUT2D eigenvalue weighted by Gasteiger charge is 2.13. The number of carbonyl (C=O) groups excluding carboxylic acids is 1. The van der Waals surface area contributed by atoms with Crippen LogP contribution in [0.2, 0.25) is 0 Å². The highest BCUT2D eigenvalue weighted by atomic mass is 16.5. The first-order valence-corrected chi connectivity index (χ1v) is 5.32. The molecule has 2 heterocycles. The van der Waals surface area contributed by atoms with Gasteiger partial charge in [0.1, 0.15) is 6.26 Å². The number of nitrogens with one attached hydrogen (secondary N) is 2. The third kappa shape index (κ3) is 1.69. The number of nitrogen functional groups attached to an aromatic ring is 1. The third-order valence-electron chi connectivity index (χ3n) is 2.63. The monoisotopic (exact) mass is 242 g/mol. The van der Waals surface area contributed by atoms with Crippen LogP contribution in [0.15, 0.2) is 41.2 Å². The van der Waals surface area contributed by atoms with Gasteiger partial charge in [-0.2, -0.15) is 0 Å². The standard InChI is InChI=1S/C12H10N4O2/c13-7-1-2-8-9(6-14-10(8)5-7)12(17)15-11-3-4-18-16-11/h1-6,14H,13H2,(H,15,16,17). The summed E-state index contributed by atoms with van der Waals surface area (Å²) in [4.78, 5) is 15.0. The van der Waals surface area contributed by atoms with E-state index in [1.165, 1.54) is 6.26 Å². The van der Waals surface area contributed by atoms with Crippen LogP contribution in [0.4, 0.5) is 11.5 Å². The van der Waals surface area contributed by atoms with E-state index in [1.54, 1.807) is 30.5 Å². The number of hydrogen-bond acceptors (Lipinski definition) is 4. The average molecular weight is 242 g/mol. The van der Waals surface area contributed by atoms with E-state index in [4.69, 9.17) is 5.73 Å². The van der Waals surface area contributed by atoms with E-state index < -0.39 is 0 Å². The topological polar surface area (TPSA) is 96.9 Å². The van der Waals surface area contributed by atoms with Crippen molar-refractivity contribution >= 4 is 28.3 Å². The average Bonchev–Trinajstić information content (AvgIpc) is 2.97. The van der Waals surface area contributed by atoms with Crippen LogP contribution in [0.5, 0.6) is 0 Å². The third-order valence-corrected chi connectivity index (χ3v) is 2.63. The zero-order valence-electron chi connectivity index (χ0n) is 9.31. The van der Waals surface area contributed by atoms with Crippen molar-refractivity contribution < 1.29 is 9.32 Å². The Kier molecular flexibility index (Phi) is 2.26. The summed E-state index contributed by atoms with van der Waals surface area (Å²) in [5.41, 5.74) is 7.68. The molecule has 0 bridgehead atoms. The quantitative estimate of drug-likeness (QED) is 0.598. The minimum atomic E-state index is -0.250. The molecule has 18 heavy (non-hydrogen) atoms. The molecule has 0 atom stereocenters. The van der Waals surface area contributed by atoms with Gasteiger partial charge in [-0.25, -0.2) is 0 Å². The molecule has 6 heteroatoms. The Morgan fingerprint density at radius 2 is 2.28 bits per heavy atom. The maximum atomic E-state index is 12.0. The fourth-order valence-electron chi connectivity index (χ4n) is 1.79. The molecule has 6 nitrogen and oxygen atoms in total. The summed E-state index contributed by atoms with van der Waals surface area (Å²) < 4.78 is 4.65. The summed E-state index contributed by atoms with van der Waals surface area (Å²) in [5.74, 6) is 0.129. The molecule has 3 aromatic rings. The van der Waals surface area contributed by atoms with Crippen molar-refractivity contribution in [2.75, 3.05) is 11.1 Å². The molecule has 0 fully saturated rings. The SMILES string of the molecule is Nc1ccc2c(C(=O)Nc3ccon3)c[nH]c2c1. The van der Waals surface area contributed by atoms with E-state index >= 15 is 0 Å². The molecule has 0 aliphatic rings. The van der Waals surface area contributed by atoms with Crippen molar-refractivity contribution in [2.24, 2.45) is 0 Å². The number of benzene rings is 1. The second-order valence-electron chi connectivity index (χ2n) is 3.85. The summed E-state index contributed by atoms with van der Waals surface area (Å²) >= 11 is 0. The molecule has 1 amide bonds. The molecule has 0 saturated carbocycles. The van der Waals surface area contributed by atoms with Crippen molar-refractivity contribution in [3.63, 3.8) is 0 Å². The number of amides is 1. The zero-order chi connectivity index (χ0) is 12.5. The summed E-state index contributed by atoms with van der Waals surface area (Å²) in [6.07, 6.45) is 3.03. The number of anilines is 2. The predicted molar refractivity (Wildman–Crippen MR) is 67.2 cm³/mol. The molecule has 4 N–H and O–H groups in total. The summed E-state index contributed by atoms with van der Waals surface area (Å²) in [6, 6.07) is 6.91.